The van der Waals surface area contributed by atoms with Gasteiger partial charge >= 0.3 is 0 Å². The van der Waals surface area contributed by atoms with E-state index in [1.54, 1.807) is 11.4 Å². The van der Waals surface area contributed by atoms with Gasteiger partial charge in [-0.3, -0.25) is 9.59 Å². The fraction of sp³-hybridized carbons (Fsp3) is 0.405. The van der Waals surface area contributed by atoms with Crippen molar-refractivity contribution in [3.63, 3.8) is 0 Å². The van der Waals surface area contributed by atoms with Gasteiger partial charge in [0.15, 0.2) is 0 Å². The van der Waals surface area contributed by atoms with Gasteiger partial charge in [-0.1, -0.05) is 36.4 Å². The van der Waals surface area contributed by atoms with E-state index < -0.39 is 11.7 Å². The second kappa shape index (κ2) is 15.8. The van der Waals surface area contributed by atoms with Gasteiger partial charge in [-0.15, -0.1) is 11.3 Å². The molecule has 0 spiro atoms. The zero-order valence-electron chi connectivity index (χ0n) is 27.6. The van der Waals surface area contributed by atoms with Gasteiger partial charge < -0.3 is 25.2 Å². The smallest absolute Gasteiger partial charge is 0.270 e. The molecule has 0 atom stereocenters. The van der Waals surface area contributed by atoms with E-state index in [1.807, 2.05) is 25.1 Å². The largest absolute Gasteiger partial charge is 0.438 e. The number of carbonyl (C=O) groups excluding carboxylic acids is 2. The molecule has 0 bridgehead atoms. The molecule has 1 aliphatic carbocycles. The molecule has 6 rings (SSSR count). The number of rotatable bonds is 10. The molecule has 252 valence electrons. The van der Waals surface area contributed by atoms with Gasteiger partial charge in [-0.2, -0.15) is 0 Å². The molecule has 1 saturated carbocycles. The van der Waals surface area contributed by atoms with E-state index in [-0.39, 0.29) is 29.4 Å². The van der Waals surface area contributed by atoms with Crippen molar-refractivity contribution in [1.82, 2.24) is 30.4 Å². The molecule has 1 aliphatic heterocycles. The van der Waals surface area contributed by atoms with Crippen molar-refractivity contribution >= 4 is 23.2 Å². The summed E-state index contributed by atoms with van der Waals surface area (Å²) in [5, 5.41) is 8.68. The van der Waals surface area contributed by atoms with Gasteiger partial charge in [0.2, 0.25) is 5.88 Å². The van der Waals surface area contributed by atoms with Gasteiger partial charge in [0.05, 0.1) is 11.2 Å². The van der Waals surface area contributed by atoms with E-state index in [4.69, 9.17) is 4.74 Å². The van der Waals surface area contributed by atoms with Crippen LogP contribution in [0.3, 0.4) is 0 Å². The number of thiazole rings is 1. The number of halogens is 1. The molecule has 2 amide bonds. The van der Waals surface area contributed by atoms with Crippen LogP contribution >= 0.6 is 11.3 Å². The fourth-order valence-electron chi connectivity index (χ4n) is 6.37. The Kier molecular flexibility index (Phi) is 11.1. The number of benzene rings is 2. The van der Waals surface area contributed by atoms with E-state index in [0.29, 0.717) is 37.1 Å². The number of pyridine rings is 1. The average Bonchev–Trinajstić information content (AvgIpc) is 3.43. The van der Waals surface area contributed by atoms with Crippen molar-refractivity contribution in [2.24, 2.45) is 0 Å². The van der Waals surface area contributed by atoms with Gasteiger partial charge in [0.1, 0.15) is 22.8 Å². The highest BCUT2D eigenvalue weighted by Gasteiger charge is 2.26. The Balaban J connectivity index is 1.04. The summed E-state index contributed by atoms with van der Waals surface area (Å²) in [5.41, 5.74) is 3.80. The first-order valence-corrected chi connectivity index (χ1v) is 17.6. The Morgan fingerprint density at radius 3 is 2.42 bits per heavy atom. The fourth-order valence-corrected chi connectivity index (χ4v) is 6.96. The predicted octanol–water partition coefficient (Wildman–Crippen LogP) is 6.10. The first-order chi connectivity index (χ1) is 23.3. The molecule has 0 unspecified atom stereocenters. The molecule has 3 heterocycles. The Bertz CT molecular complexity index is 1710. The molecule has 0 radical (unpaired) electrons. The molecule has 48 heavy (non-hydrogen) atoms. The zero-order valence-corrected chi connectivity index (χ0v) is 28.4. The van der Waals surface area contributed by atoms with Crippen LogP contribution in [0.1, 0.15) is 63.5 Å². The van der Waals surface area contributed by atoms with Crippen molar-refractivity contribution < 1.29 is 18.7 Å². The van der Waals surface area contributed by atoms with Crippen LogP contribution in [0, 0.1) is 12.7 Å². The standard InChI is InChI=1S/C37H43FN6O3S/c1-25-40-34(24-48-25)36(46)42-31-13-11-30(12-14-31)41-35(45)33-22-29(38)23-39-37(33)47-32-6-3-5-28(21-32)27-9-7-26(8-10-27)15-18-44-17-4-16-43(2)19-20-44/h3,5-10,21-24,30-31H,4,11-20H2,1-2H3,(H,41,45)(H,42,46)/t30-,31+. The third-order valence-corrected chi connectivity index (χ3v) is 9.95. The molecule has 2 aromatic heterocycles. The maximum atomic E-state index is 14.3. The Hall–Kier alpha value is -4.19. The molecular formula is C37H43FN6O3S. The second-order valence-corrected chi connectivity index (χ2v) is 13.9. The number of nitrogens with one attached hydrogen (secondary N) is 2. The normalized spacial score (nSPS) is 19.0. The number of aryl methyl sites for hydroxylation is 1. The van der Waals surface area contributed by atoms with Crippen molar-refractivity contribution in [3.8, 4) is 22.8 Å². The van der Waals surface area contributed by atoms with E-state index in [1.165, 1.54) is 29.9 Å². The van der Waals surface area contributed by atoms with Gasteiger partial charge in [0, 0.05) is 37.1 Å². The molecular weight excluding hydrogens is 628 g/mol. The zero-order chi connectivity index (χ0) is 33.5. The van der Waals surface area contributed by atoms with E-state index in [2.05, 4.69) is 61.7 Å². The summed E-state index contributed by atoms with van der Waals surface area (Å²) < 4.78 is 20.4. The minimum absolute atomic E-state index is 0.0116. The van der Waals surface area contributed by atoms with Crippen molar-refractivity contribution in [2.45, 2.75) is 57.5 Å². The lowest BCUT2D eigenvalue weighted by molar-refractivity contribution is 0.0888. The summed E-state index contributed by atoms with van der Waals surface area (Å²) in [5.74, 6) is -0.690. The lowest BCUT2D eigenvalue weighted by atomic mass is 9.91. The topological polar surface area (TPSA) is 99.7 Å². The lowest BCUT2D eigenvalue weighted by Gasteiger charge is -2.29. The molecule has 2 fully saturated rings. The molecule has 2 aromatic carbocycles. The highest BCUT2D eigenvalue weighted by Crippen LogP contribution is 2.29. The molecule has 4 aromatic rings. The number of aromatic nitrogens is 2. The summed E-state index contributed by atoms with van der Waals surface area (Å²) in [6.45, 7) is 7.48. The predicted molar refractivity (Wildman–Crippen MR) is 186 cm³/mol. The van der Waals surface area contributed by atoms with Crippen LogP contribution in [-0.2, 0) is 6.42 Å². The van der Waals surface area contributed by atoms with Crippen LogP contribution in [0.2, 0.25) is 0 Å². The summed E-state index contributed by atoms with van der Waals surface area (Å²) in [7, 11) is 2.19. The summed E-state index contributed by atoms with van der Waals surface area (Å²) in [4.78, 5) is 39.2. The number of nitrogens with zero attached hydrogens (tertiary/aromatic N) is 4. The minimum Gasteiger partial charge on any atom is -0.438 e. The Morgan fingerprint density at radius 2 is 1.69 bits per heavy atom. The molecule has 1 saturated heterocycles. The quantitative estimate of drug-likeness (QED) is 0.211. The van der Waals surface area contributed by atoms with Crippen molar-refractivity contribution in [3.05, 3.63) is 93.8 Å². The number of carbonyl (C=O) groups is 2. The van der Waals surface area contributed by atoms with Gasteiger partial charge in [-0.05, 0) is 100 Å². The molecule has 9 nitrogen and oxygen atoms in total. The Morgan fingerprint density at radius 1 is 0.938 bits per heavy atom. The number of amides is 2. The van der Waals surface area contributed by atoms with Crippen molar-refractivity contribution in [1.29, 1.82) is 0 Å². The number of ether oxygens (including phenoxy) is 1. The lowest BCUT2D eigenvalue weighted by Crippen LogP contribution is -2.44. The number of likely N-dealkylation sites (N-methyl/N-ethyl adjacent to an activating group) is 1. The van der Waals surface area contributed by atoms with Gasteiger partial charge in [-0.25, -0.2) is 14.4 Å². The minimum atomic E-state index is -0.617. The maximum absolute atomic E-state index is 14.3. The van der Waals surface area contributed by atoms with E-state index >= 15 is 0 Å². The first kappa shape index (κ1) is 33.7. The molecule has 2 N–H and O–H groups in total. The highest BCUT2D eigenvalue weighted by molar-refractivity contribution is 7.09. The highest BCUT2D eigenvalue weighted by atomic mass is 32.1. The number of hydrogen-bond acceptors (Lipinski definition) is 8. The van der Waals surface area contributed by atoms with Crippen LogP contribution in [-0.4, -0.2) is 83.4 Å². The molecule has 2 aliphatic rings. The monoisotopic (exact) mass is 670 g/mol. The molecule has 11 heteroatoms. The Labute approximate surface area is 285 Å². The summed E-state index contributed by atoms with van der Waals surface area (Å²) in [6.07, 6.45) is 6.08. The van der Waals surface area contributed by atoms with Crippen LogP contribution in [0.4, 0.5) is 4.39 Å². The SMILES string of the molecule is Cc1nc(C(=O)N[C@H]2CC[C@@H](NC(=O)c3cc(F)cnc3Oc3cccc(-c4ccc(CCN5CCCN(C)CC5)cc4)c3)CC2)cs1. The maximum Gasteiger partial charge on any atom is 0.270 e. The average molecular weight is 671 g/mol. The summed E-state index contributed by atoms with van der Waals surface area (Å²) >= 11 is 1.44. The van der Waals surface area contributed by atoms with Gasteiger partial charge in [0.25, 0.3) is 11.8 Å². The second-order valence-electron chi connectivity index (χ2n) is 12.8. The van der Waals surface area contributed by atoms with Crippen LogP contribution in [0.5, 0.6) is 11.6 Å². The third-order valence-electron chi connectivity index (χ3n) is 9.18. The number of hydrogen-bond donors (Lipinski definition) is 2. The summed E-state index contributed by atoms with van der Waals surface area (Å²) in [6, 6.07) is 17.3. The van der Waals surface area contributed by atoms with E-state index in [9.17, 15) is 14.0 Å². The van der Waals surface area contributed by atoms with Crippen LogP contribution in [0.15, 0.2) is 66.2 Å². The van der Waals surface area contributed by atoms with E-state index in [0.717, 1.165) is 61.0 Å². The van der Waals surface area contributed by atoms with Crippen LogP contribution in [0.25, 0.3) is 11.1 Å². The third kappa shape index (κ3) is 9.03. The van der Waals surface area contributed by atoms with Crippen molar-refractivity contribution in [2.75, 3.05) is 39.8 Å². The van der Waals surface area contributed by atoms with Crippen LogP contribution < -0.4 is 15.4 Å². The first-order valence-electron chi connectivity index (χ1n) is 16.8.